The number of esters is 1. The van der Waals surface area contributed by atoms with E-state index in [1.807, 2.05) is 0 Å². The molecule has 0 spiro atoms. The van der Waals surface area contributed by atoms with Gasteiger partial charge in [-0.2, -0.15) is 0 Å². The van der Waals surface area contributed by atoms with Crippen LogP contribution in [-0.4, -0.2) is 32.2 Å². The molecule has 0 unspecified atom stereocenters. The number of rotatable bonds is 3. The summed E-state index contributed by atoms with van der Waals surface area (Å²) in [6.45, 7) is 1.54. The second kappa shape index (κ2) is 6.00. The van der Waals surface area contributed by atoms with Crippen LogP contribution in [0.2, 0.25) is 0 Å². The van der Waals surface area contributed by atoms with E-state index < -0.39 is 27.3 Å². The molecule has 0 saturated carbocycles. The number of nitrogens with one attached hydrogen (secondary N) is 1. The predicted molar refractivity (Wildman–Crippen MR) is 92.1 cm³/mol. The molecule has 0 saturated heterocycles. The van der Waals surface area contributed by atoms with Gasteiger partial charge in [-0.15, -0.1) is 0 Å². The zero-order valence-corrected chi connectivity index (χ0v) is 14.6. The van der Waals surface area contributed by atoms with Crippen LogP contribution in [0.15, 0.2) is 53.4 Å². The molecule has 0 aliphatic carbocycles. The summed E-state index contributed by atoms with van der Waals surface area (Å²) in [5.74, 6) is -1.06. The number of benzene rings is 2. The number of cyclic esters (lactones) is 1. The molecule has 25 heavy (non-hydrogen) atoms. The summed E-state index contributed by atoms with van der Waals surface area (Å²) in [5.41, 5.74) is 0.143. The lowest BCUT2D eigenvalue weighted by molar-refractivity contribution is -0.134. The van der Waals surface area contributed by atoms with E-state index in [1.54, 1.807) is 30.3 Å². The van der Waals surface area contributed by atoms with Gasteiger partial charge in [-0.1, -0.05) is 24.3 Å². The van der Waals surface area contributed by atoms with Crippen molar-refractivity contribution in [2.24, 2.45) is 0 Å². The summed E-state index contributed by atoms with van der Waals surface area (Å²) in [5, 5.41) is 2.64. The molecule has 1 atom stereocenters. The van der Waals surface area contributed by atoms with Crippen LogP contribution in [0.25, 0.3) is 0 Å². The molecule has 1 aliphatic rings. The number of hydrogen-bond donors (Lipinski definition) is 1. The standard InChI is InChI=1S/C18H17NO5S/c1-18(11-12-6-3-4-9-15(12)16(20)24-18)17(21)19-13-7-5-8-14(10-13)25(2,22)23/h3-10H,11H2,1-2H3,(H,19,21)/t18-/m0/s1. The van der Waals surface area contributed by atoms with Gasteiger partial charge in [0.05, 0.1) is 10.5 Å². The largest absolute Gasteiger partial charge is 0.445 e. The van der Waals surface area contributed by atoms with Crippen LogP contribution in [0.4, 0.5) is 5.69 Å². The maximum atomic E-state index is 12.7. The molecule has 2 aromatic rings. The van der Waals surface area contributed by atoms with E-state index >= 15 is 0 Å². The summed E-state index contributed by atoms with van der Waals surface area (Å²) in [7, 11) is -3.39. The third kappa shape index (κ3) is 3.41. The fraction of sp³-hybridized carbons (Fsp3) is 0.222. The highest BCUT2D eigenvalue weighted by molar-refractivity contribution is 7.90. The molecule has 3 rings (SSSR count). The van der Waals surface area contributed by atoms with Crippen molar-refractivity contribution >= 4 is 27.4 Å². The summed E-state index contributed by atoms with van der Waals surface area (Å²) >= 11 is 0. The van der Waals surface area contributed by atoms with E-state index in [1.165, 1.54) is 25.1 Å². The third-order valence-corrected chi connectivity index (χ3v) is 5.19. The third-order valence-electron chi connectivity index (χ3n) is 4.08. The van der Waals surface area contributed by atoms with E-state index in [4.69, 9.17) is 4.74 Å². The van der Waals surface area contributed by atoms with Crippen molar-refractivity contribution in [2.75, 3.05) is 11.6 Å². The molecule has 6 nitrogen and oxygen atoms in total. The Balaban J connectivity index is 1.86. The van der Waals surface area contributed by atoms with Gasteiger partial charge < -0.3 is 10.1 Å². The molecule has 0 radical (unpaired) electrons. The van der Waals surface area contributed by atoms with Crippen molar-refractivity contribution in [3.05, 3.63) is 59.7 Å². The Labute approximate surface area is 145 Å². The normalized spacial score (nSPS) is 19.7. The average Bonchev–Trinajstić information content (AvgIpc) is 2.54. The van der Waals surface area contributed by atoms with Gasteiger partial charge in [0.25, 0.3) is 5.91 Å². The lowest BCUT2D eigenvalue weighted by Gasteiger charge is -2.33. The fourth-order valence-electron chi connectivity index (χ4n) is 2.73. The smallest absolute Gasteiger partial charge is 0.339 e. The van der Waals surface area contributed by atoms with Crippen LogP contribution in [0, 0.1) is 0 Å². The van der Waals surface area contributed by atoms with Crippen LogP contribution < -0.4 is 5.32 Å². The highest BCUT2D eigenvalue weighted by atomic mass is 32.2. The van der Waals surface area contributed by atoms with Gasteiger partial charge in [-0.25, -0.2) is 13.2 Å². The van der Waals surface area contributed by atoms with Gasteiger partial charge in [-0.05, 0) is 36.8 Å². The average molecular weight is 359 g/mol. The molecule has 0 aromatic heterocycles. The number of carbonyl (C=O) groups is 2. The maximum absolute atomic E-state index is 12.7. The van der Waals surface area contributed by atoms with Gasteiger partial charge >= 0.3 is 5.97 Å². The van der Waals surface area contributed by atoms with Crippen LogP contribution in [0.5, 0.6) is 0 Å². The van der Waals surface area contributed by atoms with Crippen molar-refractivity contribution in [1.82, 2.24) is 0 Å². The second-order valence-electron chi connectivity index (χ2n) is 6.21. The molecule has 1 heterocycles. The monoisotopic (exact) mass is 359 g/mol. The quantitative estimate of drug-likeness (QED) is 0.849. The molecule has 2 aromatic carbocycles. The van der Waals surface area contributed by atoms with E-state index in [0.29, 0.717) is 11.3 Å². The minimum Gasteiger partial charge on any atom is -0.445 e. The van der Waals surface area contributed by atoms with E-state index in [0.717, 1.165) is 11.8 Å². The lowest BCUT2D eigenvalue weighted by atomic mass is 9.89. The molecule has 0 bridgehead atoms. The van der Waals surface area contributed by atoms with Gasteiger partial charge in [0, 0.05) is 18.4 Å². The first-order chi connectivity index (χ1) is 11.7. The zero-order chi connectivity index (χ0) is 18.2. The Bertz CT molecular complexity index is 967. The van der Waals surface area contributed by atoms with Gasteiger partial charge in [0.2, 0.25) is 0 Å². The van der Waals surface area contributed by atoms with Crippen molar-refractivity contribution in [1.29, 1.82) is 0 Å². The van der Waals surface area contributed by atoms with E-state index in [9.17, 15) is 18.0 Å². The first kappa shape index (κ1) is 17.2. The maximum Gasteiger partial charge on any atom is 0.339 e. The van der Waals surface area contributed by atoms with Crippen LogP contribution in [-0.2, 0) is 25.8 Å². The van der Waals surface area contributed by atoms with Crippen molar-refractivity contribution in [3.8, 4) is 0 Å². The minimum atomic E-state index is -3.39. The van der Waals surface area contributed by atoms with Crippen LogP contribution in [0.3, 0.4) is 0 Å². The number of anilines is 1. The summed E-state index contributed by atoms with van der Waals surface area (Å²) in [6, 6.07) is 12.9. The number of amides is 1. The molecular weight excluding hydrogens is 342 g/mol. The number of hydrogen-bond acceptors (Lipinski definition) is 5. The molecule has 1 N–H and O–H groups in total. The number of fused-ring (bicyclic) bond motifs is 1. The first-order valence-corrected chi connectivity index (χ1v) is 9.51. The lowest BCUT2D eigenvalue weighted by Crippen LogP contribution is -2.48. The summed E-state index contributed by atoms with van der Waals surface area (Å²) in [4.78, 5) is 24.9. The highest BCUT2D eigenvalue weighted by Gasteiger charge is 2.42. The predicted octanol–water partition coefficient (Wildman–Crippen LogP) is 2.20. The molecule has 1 amide bonds. The SMILES string of the molecule is C[C@@]1(C(=O)Nc2cccc(S(C)(=O)=O)c2)Cc2ccccc2C(=O)O1. The Morgan fingerprint density at radius 1 is 1.16 bits per heavy atom. The molecule has 7 heteroatoms. The zero-order valence-electron chi connectivity index (χ0n) is 13.8. The highest BCUT2D eigenvalue weighted by Crippen LogP contribution is 2.29. The van der Waals surface area contributed by atoms with Crippen LogP contribution >= 0.6 is 0 Å². The molecule has 0 fully saturated rings. The number of carbonyl (C=O) groups excluding carboxylic acids is 2. The Morgan fingerprint density at radius 3 is 2.60 bits per heavy atom. The fourth-order valence-corrected chi connectivity index (χ4v) is 3.39. The van der Waals surface area contributed by atoms with Crippen molar-refractivity contribution in [2.45, 2.75) is 23.8 Å². The van der Waals surface area contributed by atoms with Crippen molar-refractivity contribution in [3.63, 3.8) is 0 Å². The number of sulfone groups is 1. The Hall–Kier alpha value is -2.67. The van der Waals surface area contributed by atoms with Gasteiger partial charge in [-0.3, -0.25) is 4.79 Å². The number of ether oxygens (including phenoxy) is 1. The Morgan fingerprint density at radius 2 is 1.88 bits per heavy atom. The molecular formula is C18H17NO5S. The molecule has 1 aliphatic heterocycles. The topological polar surface area (TPSA) is 89.5 Å². The van der Waals surface area contributed by atoms with Crippen molar-refractivity contribution < 1.29 is 22.7 Å². The van der Waals surface area contributed by atoms with Crippen LogP contribution in [0.1, 0.15) is 22.8 Å². The van der Waals surface area contributed by atoms with Gasteiger partial charge in [0.15, 0.2) is 15.4 Å². The molecule has 130 valence electrons. The Kier molecular flexibility index (Phi) is 4.12. The first-order valence-electron chi connectivity index (χ1n) is 7.62. The summed E-state index contributed by atoms with van der Waals surface area (Å²) < 4.78 is 28.6. The minimum absolute atomic E-state index is 0.0986. The van der Waals surface area contributed by atoms with E-state index in [2.05, 4.69) is 5.32 Å². The van der Waals surface area contributed by atoms with Gasteiger partial charge in [0.1, 0.15) is 0 Å². The second-order valence-corrected chi connectivity index (χ2v) is 8.22. The van der Waals surface area contributed by atoms with E-state index in [-0.39, 0.29) is 11.3 Å². The summed E-state index contributed by atoms with van der Waals surface area (Å²) in [6.07, 6.45) is 1.33.